The van der Waals surface area contributed by atoms with E-state index in [9.17, 15) is 30.7 Å². The summed E-state index contributed by atoms with van der Waals surface area (Å²) in [5.41, 5.74) is -1.18. The average molecular weight is 392 g/mol. The van der Waals surface area contributed by atoms with Crippen molar-refractivity contribution in [2.75, 3.05) is 0 Å². The second-order valence-electron chi connectivity index (χ2n) is 6.46. The summed E-state index contributed by atoms with van der Waals surface area (Å²) in [7, 11) is 1.24. The number of aryl methyl sites for hydroxylation is 2. The lowest BCUT2D eigenvalue weighted by molar-refractivity contribution is -0.138. The van der Waals surface area contributed by atoms with Gasteiger partial charge in [-0.1, -0.05) is 6.07 Å². The highest BCUT2D eigenvalue weighted by Crippen LogP contribution is 2.37. The largest absolute Gasteiger partial charge is 0.417 e. The van der Waals surface area contributed by atoms with E-state index in [-0.39, 0.29) is 5.49 Å². The van der Waals surface area contributed by atoms with Gasteiger partial charge in [0.25, 0.3) is 0 Å². The number of alkyl halides is 6. The van der Waals surface area contributed by atoms with Gasteiger partial charge in [-0.05, 0) is 48.6 Å². The molecule has 0 saturated carbocycles. The predicted molar refractivity (Wildman–Crippen MR) is 83.1 cm³/mol. The summed E-state index contributed by atoms with van der Waals surface area (Å²) < 4.78 is 92.1. The molecule has 0 fully saturated rings. The number of nitrogens with zero attached hydrogens (tertiary/aromatic N) is 2. The van der Waals surface area contributed by atoms with Crippen molar-refractivity contribution in [1.82, 2.24) is 4.57 Å². The van der Waals surface area contributed by atoms with E-state index in [2.05, 4.69) is 4.99 Å². The SMILES string of the molecule is Cn1cc(C(F)(F)F)cc(F)c1=NC1CCCc2cc(C(F)(F)F)ccc21. The second-order valence-corrected chi connectivity index (χ2v) is 6.46. The number of halogens is 7. The molecule has 0 N–H and O–H groups in total. The van der Waals surface area contributed by atoms with Crippen molar-refractivity contribution in [2.45, 2.75) is 37.7 Å². The molecule has 0 bridgehead atoms. The summed E-state index contributed by atoms with van der Waals surface area (Å²) in [5.74, 6) is -1.13. The van der Waals surface area contributed by atoms with Gasteiger partial charge in [-0.2, -0.15) is 26.3 Å². The van der Waals surface area contributed by atoms with Crippen LogP contribution in [0.15, 0.2) is 35.5 Å². The molecule has 3 rings (SSSR count). The molecule has 1 aliphatic rings. The van der Waals surface area contributed by atoms with Gasteiger partial charge in [-0.25, -0.2) is 4.39 Å². The van der Waals surface area contributed by atoms with Gasteiger partial charge in [0, 0.05) is 13.2 Å². The Kier molecular flexibility index (Phi) is 4.81. The first-order chi connectivity index (χ1) is 12.5. The molecule has 1 heterocycles. The zero-order chi connectivity index (χ0) is 20.0. The van der Waals surface area contributed by atoms with Gasteiger partial charge in [-0.3, -0.25) is 4.99 Å². The first-order valence-corrected chi connectivity index (χ1v) is 8.14. The van der Waals surface area contributed by atoms with E-state index in [0.29, 0.717) is 36.5 Å². The molecule has 2 nitrogen and oxygen atoms in total. The first-order valence-electron chi connectivity index (χ1n) is 8.14. The molecular weight excluding hydrogens is 377 g/mol. The molecule has 1 aromatic heterocycles. The van der Waals surface area contributed by atoms with Crippen LogP contribution >= 0.6 is 0 Å². The second kappa shape index (κ2) is 6.69. The van der Waals surface area contributed by atoms with Gasteiger partial charge in [0.2, 0.25) is 0 Å². The number of aromatic nitrogens is 1. The lowest BCUT2D eigenvalue weighted by Gasteiger charge is -2.24. The number of hydrogen-bond donors (Lipinski definition) is 0. The predicted octanol–water partition coefficient (Wildman–Crippen LogP) is 5.18. The normalized spacial score (nSPS) is 18.5. The van der Waals surface area contributed by atoms with Crippen LogP contribution in [0.3, 0.4) is 0 Å². The van der Waals surface area contributed by atoms with Crippen LogP contribution in [0.25, 0.3) is 0 Å². The summed E-state index contributed by atoms with van der Waals surface area (Å²) in [6, 6.07) is 3.06. The van der Waals surface area contributed by atoms with Crippen LogP contribution in [-0.4, -0.2) is 4.57 Å². The lowest BCUT2D eigenvalue weighted by Crippen LogP contribution is -2.26. The van der Waals surface area contributed by atoms with Crippen molar-refractivity contribution in [1.29, 1.82) is 0 Å². The van der Waals surface area contributed by atoms with Gasteiger partial charge < -0.3 is 4.57 Å². The summed E-state index contributed by atoms with van der Waals surface area (Å²) in [5, 5.41) is 0. The molecule has 2 aromatic rings. The fourth-order valence-corrected chi connectivity index (χ4v) is 3.23. The van der Waals surface area contributed by atoms with Crippen LogP contribution in [0, 0.1) is 5.82 Å². The van der Waals surface area contributed by atoms with Crippen LogP contribution in [0.1, 0.15) is 41.1 Å². The maximum Gasteiger partial charge on any atom is 0.417 e. The van der Waals surface area contributed by atoms with E-state index in [1.165, 1.54) is 13.1 Å². The Bertz CT molecular complexity index is 897. The molecule has 1 atom stereocenters. The summed E-state index contributed by atoms with van der Waals surface area (Å²) >= 11 is 0. The molecule has 0 aliphatic heterocycles. The maximum absolute atomic E-state index is 14.2. The molecule has 9 heteroatoms. The maximum atomic E-state index is 14.2. The van der Waals surface area contributed by atoms with Gasteiger partial charge in [0.1, 0.15) is 0 Å². The molecule has 146 valence electrons. The summed E-state index contributed by atoms with van der Waals surface area (Å²) in [4.78, 5) is 4.21. The Morgan fingerprint density at radius 1 is 1.00 bits per heavy atom. The molecular formula is C18H15F7N2. The fourth-order valence-electron chi connectivity index (χ4n) is 3.23. The van der Waals surface area contributed by atoms with E-state index in [1.54, 1.807) is 0 Å². The first kappa shape index (κ1) is 19.4. The quantitative estimate of drug-likeness (QED) is 0.595. The lowest BCUT2D eigenvalue weighted by atomic mass is 9.87. The third-order valence-corrected chi connectivity index (χ3v) is 4.52. The molecule has 0 amide bonds. The third-order valence-electron chi connectivity index (χ3n) is 4.52. The van der Waals surface area contributed by atoms with E-state index in [0.717, 1.165) is 22.9 Å². The van der Waals surface area contributed by atoms with E-state index >= 15 is 0 Å². The average Bonchev–Trinajstić information content (AvgIpc) is 2.55. The van der Waals surface area contributed by atoms with Gasteiger partial charge in [0.15, 0.2) is 11.3 Å². The molecule has 27 heavy (non-hydrogen) atoms. The van der Waals surface area contributed by atoms with Gasteiger partial charge >= 0.3 is 12.4 Å². The number of rotatable bonds is 1. The monoisotopic (exact) mass is 392 g/mol. The fraction of sp³-hybridized carbons (Fsp3) is 0.389. The summed E-state index contributed by atoms with van der Waals surface area (Å²) in [6.07, 6.45) is -6.97. The highest BCUT2D eigenvalue weighted by molar-refractivity contribution is 5.37. The number of hydrogen-bond acceptors (Lipinski definition) is 1. The van der Waals surface area contributed by atoms with Crippen molar-refractivity contribution in [3.8, 4) is 0 Å². The molecule has 1 aromatic carbocycles. The van der Waals surface area contributed by atoms with Crippen molar-refractivity contribution < 1.29 is 30.7 Å². The minimum absolute atomic E-state index is 0.277. The van der Waals surface area contributed by atoms with Crippen LogP contribution in [-0.2, 0) is 25.8 Å². The Hall–Kier alpha value is -2.32. The van der Waals surface area contributed by atoms with Crippen molar-refractivity contribution in [3.63, 3.8) is 0 Å². The Labute approximate surface area is 150 Å². The number of fused-ring (bicyclic) bond motifs is 1. The molecule has 0 saturated heterocycles. The Morgan fingerprint density at radius 2 is 1.67 bits per heavy atom. The highest BCUT2D eigenvalue weighted by atomic mass is 19.4. The molecule has 0 radical (unpaired) electrons. The van der Waals surface area contributed by atoms with Crippen LogP contribution in [0.5, 0.6) is 0 Å². The minimum Gasteiger partial charge on any atom is -0.333 e. The number of benzene rings is 1. The van der Waals surface area contributed by atoms with Crippen LogP contribution in [0.2, 0.25) is 0 Å². The van der Waals surface area contributed by atoms with E-state index in [1.807, 2.05) is 0 Å². The minimum atomic E-state index is -4.69. The van der Waals surface area contributed by atoms with Crippen LogP contribution < -0.4 is 5.49 Å². The third kappa shape index (κ3) is 4.01. The van der Waals surface area contributed by atoms with Crippen molar-refractivity contribution >= 4 is 0 Å². The van der Waals surface area contributed by atoms with Crippen LogP contribution in [0.4, 0.5) is 30.7 Å². The van der Waals surface area contributed by atoms with Crippen molar-refractivity contribution in [3.05, 3.63) is 64.0 Å². The van der Waals surface area contributed by atoms with Crippen molar-refractivity contribution in [2.24, 2.45) is 12.0 Å². The molecule has 0 spiro atoms. The number of pyridine rings is 1. The zero-order valence-electron chi connectivity index (χ0n) is 14.1. The van der Waals surface area contributed by atoms with E-state index in [4.69, 9.17) is 0 Å². The smallest absolute Gasteiger partial charge is 0.333 e. The highest BCUT2D eigenvalue weighted by Gasteiger charge is 2.33. The topological polar surface area (TPSA) is 17.3 Å². The van der Waals surface area contributed by atoms with Gasteiger partial charge in [-0.15, -0.1) is 0 Å². The standard InChI is InChI=1S/C18H15F7N2/c1-27-9-12(18(23,24)25)8-14(19)16(27)26-15-4-2-3-10-7-11(17(20,21)22)5-6-13(10)15/h5-9,15H,2-4H2,1H3. The molecule has 1 unspecified atom stereocenters. The Balaban J connectivity index is 2.05. The summed E-state index contributed by atoms with van der Waals surface area (Å²) in [6.45, 7) is 0. The Morgan fingerprint density at radius 3 is 2.26 bits per heavy atom. The zero-order valence-corrected chi connectivity index (χ0v) is 14.1. The molecule has 1 aliphatic carbocycles. The van der Waals surface area contributed by atoms with Gasteiger partial charge in [0.05, 0.1) is 17.2 Å². The van der Waals surface area contributed by atoms with E-state index < -0.39 is 35.3 Å².